The van der Waals surface area contributed by atoms with Crippen LogP contribution in [0.25, 0.3) is 6.08 Å². The first-order valence-corrected chi connectivity index (χ1v) is 8.72. The lowest BCUT2D eigenvalue weighted by atomic mass is 10.0. The van der Waals surface area contributed by atoms with Gasteiger partial charge in [-0.25, -0.2) is 0 Å². The second-order valence-corrected chi connectivity index (χ2v) is 7.13. The molecule has 0 N–H and O–H groups in total. The third kappa shape index (κ3) is 2.05. The normalized spacial score (nSPS) is 16.6. The van der Waals surface area contributed by atoms with Gasteiger partial charge in [-0.05, 0) is 55.3 Å². The van der Waals surface area contributed by atoms with Gasteiger partial charge in [0.2, 0.25) is 0 Å². The van der Waals surface area contributed by atoms with E-state index in [2.05, 4.69) is 96.5 Å². The number of fused-ring (bicyclic) bond motifs is 7. The van der Waals surface area contributed by atoms with Crippen LogP contribution in [-0.2, 0) is 6.42 Å². The largest absolute Gasteiger partial charge is 0.378 e. The molecule has 3 aliphatic heterocycles. The number of rotatable bonds is 1. The lowest BCUT2D eigenvalue weighted by molar-refractivity contribution is 1.01. The minimum atomic E-state index is 0.981. The van der Waals surface area contributed by atoms with E-state index in [4.69, 9.17) is 0 Å². The topological polar surface area (TPSA) is 9.72 Å². The van der Waals surface area contributed by atoms with Crippen molar-refractivity contribution in [3.8, 4) is 0 Å². The van der Waals surface area contributed by atoms with Crippen molar-refractivity contribution in [3.63, 3.8) is 0 Å². The molecule has 2 aromatic rings. The van der Waals surface area contributed by atoms with Gasteiger partial charge >= 0.3 is 0 Å². The lowest BCUT2D eigenvalue weighted by Gasteiger charge is -2.33. The molecule has 124 valence electrons. The molecule has 3 heteroatoms. The zero-order valence-electron chi connectivity index (χ0n) is 14.8. The van der Waals surface area contributed by atoms with Gasteiger partial charge in [-0.3, -0.25) is 4.90 Å². The molecular formula is C22H21N3. The van der Waals surface area contributed by atoms with E-state index in [1.54, 1.807) is 0 Å². The van der Waals surface area contributed by atoms with Crippen molar-refractivity contribution in [1.29, 1.82) is 0 Å². The van der Waals surface area contributed by atoms with Crippen molar-refractivity contribution in [2.45, 2.75) is 13.3 Å². The average Bonchev–Trinajstić information content (AvgIpc) is 3.00. The van der Waals surface area contributed by atoms with Crippen molar-refractivity contribution in [1.82, 2.24) is 0 Å². The fourth-order valence-electron chi connectivity index (χ4n) is 3.91. The monoisotopic (exact) mass is 327 g/mol. The summed E-state index contributed by atoms with van der Waals surface area (Å²) in [6.07, 6.45) is 10.0. The highest BCUT2D eigenvalue weighted by Crippen LogP contribution is 2.44. The molecule has 0 spiro atoms. The second-order valence-electron chi connectivity index (χ2n) is 7.13. The number of aryl methyl sites for hydroxylation is 1. The minimum Gasteiger partial charge on any atom is -0.378 e. The smallest absolute Gasteiger partial charge is 0.118 e. The van der Waals surface area contributed by atoms with E-state index < -0.39 is 0 Å². The van der Waals surface area contributed by atoms with Crippen LogP contribution in [0.1, 0.15) is 16.7 Å². The van der Waals surface area contributed by atoms with Gasteiger partial charge in [0, 0.05) is 31.5 Å². The Morgan fingerprint density at radius 3 is 2.64 bits per heavy atom. The van der Waals surface area contributed by atoms with E-state index in [-0.39, 0.29) is 0 Å². The third-order valence-electron chi connectivity index (χ3n) is 5.20. The Bertz CT molecular complexity index is 979. The van der Waals surface area contributed by atoms with Crippen LogP contribution in [0.3, 0.4) is 0 Å². The molecular weight excluding hydrogens is 306 g/mol. The molecule has 0 aliphatic carbocycles. The first-order valence-electron chi connectivity index (χ1n) is 8.72. The Hall–Kier alpha value is -2.94. The Balaban J connectivity index is 1.62. The lowest BCUT2D eigenvalue weighted by Crippen LogP contribution is -2.28. The third-order valence-corrected chi connectivity index (χ3v) is 5.20. The van der Waals surface area contributed by atoms with E-state index in [1.165, 1.54) is 45.3 Å². The van der Waals surface area contributed by atoms with Crippen molar-refractivity contribution >= 4 is 23.1 Å². The van der Waals surface area contributed by atoms with Crippen LogP contribution in [0.2, 0.25) is 0 Å². The molecule has 3 aliphatic rings. The molecule has 0 radical (unpaired) electrons. The van der Waals surface area contributed by atoms with Gasteiger partial charge < -0.3 is 9.80 Å². The van der Waals surface area contributed by atoms with Crippen molar-refractivity contribution in [3.05, 3.63) is 83.0 Å². The van der Waals surface area contributed by atoms with Gasteiger partial charge in [0.15, 0.2) is 0 Å². The van der Waals surface area contributed by atoms with Crippen molar-refractivity contribution < 1.29 is 0 Å². The van der Waals surface area contributed by atoms with E-state index in [1.807, 2.05) is 0 Å². The first-order chi connectivity index (χ1) is 12.1. The highest BCUT2D eigenvalue weighted by atomic mass is 15.4. The maximum atomic E-state index is 2.37. The molecule has 0 amide bonds. The van der Waals surface area contributed by atoms with Crippen LogP contribution in [0, 0.1) is 6.92 Å². The molecule has 3 nitrogen and oxygen atoms in total. The number of hydrogen-bond acceptors (Lipinski definition) is 3. The number of nitrogens with zero attached hydrogens (tertiary/aromatic N) is 3. The summed E-state index contributed by atoms with van der Waals surface area (Å²) in [5.74, 6) is 1.24. The van der Waals surface area contributed by atoms with Gasteiger partial charge in [0.25, 0.3) is 0 Å². The molecule has 0 aromatic heterocycles. The molecule has 0 fully saturated rings. The van der Waals surface area contributed by atoms with E-state index in [0.717, 1.165) is 6.42 Å². The number of benzene rings is 2. The standard InChI is InChI=1S/C22H21N3/c1-15-4-9-20-16(12-15)6-11-22-24(20)14-19-7-5-17-13-18(23(2)3)8-10-21(17)25(19)22/h4-5,7-14H,6H2,1-3H3. The predicted molar refractivity (Wildman–Crippen MR) is 106 cm³/mol. The predicted octanol–water partition coefficient (Wildman–Crippen LogP) is 4.65. The van der Waals surface area contributed by atoms with Crippen molar-refractivity contribution in [2.75, 3.05) is 28.8 Å². The van der Waals surface area contributed by atoms with Crippen LogP contribution < -0.4 is 14.7 Å². The SMILES string of the molecule is Cc1ccc2c(c1)CC=C1N2C=C2C=Cc3cc(N(C)C)ccc3N21. The van der Waals surface area contributed by atoms with Crippen LogP contribution in [-0.4, -0.2) is 14.1 Å². The first kappa shape index (κ1) is 14.4. The number of allylic oxidation sites excluding steroid dienone is 2. The summed E-state index contributed by atoms with van der Waals surface area (Å²) < 4.78 is 0. The maximum absolute atomic E-state index is 2.37. The number of anilines is 3. The molecule has 0 unspecified atom stereocenters. The molecule has 3 heterocycles. The van der Waals surface area contributed by atoms with Crippen LogP contribution in [0.5, 0.6) is 0 Å². The van der Waals surface area contributed by atoms with E-state index in [0.29, 0.717) is 0 Å². The zero-order valence-corrected chi connectivity index (χ0v) is 14.8. The molecule has 2 aromatic carbocycles. The summed E-state index contributed by atoms with van der Waals surface area (Å²) in [5.41, 5.74) is 8.98. The molecule has 0 saturated carbocycles. The summed E-state index contributed by atoms with van der Waals surface area (Å²) in [7, 11) is 4.17. The molecule has 0 bridgehead atoms. The van der Waals surface area contributed by atoms with Crippen LogP contribution in [0.4, 0.5) is 17.1 Å². The fraction of sp³-hybridized carbons (Fsp3) is 0.182. The van der Waals surface area contributed by atoms with Gasteiger partial charge in [0.1, 0.15) is 5.82 Å². The summed E-state index contributed by atoms with van der Waals surface area (Å²) in [6.45, 7) is 2.16. The average molecular weight is 327 g/mol. The van der Waals surface area contributed by atoms with Crippen LogP contribution >= 0.6 is 0 Å². The Labute approximate surface area is 148 Å². The second kappa shape index (κ2) is 5.03. The summed E-state index contributed by atoms with van der Waals surface area (Å²) in [4.78, 5) is 6.85. The maximum Gasteiger partial charge on any atom is 0.118 e. The van der Waals surface area contributed by atoms with E-state index >= 15 is 0 Å². The van der Waals surface area contributed by atoms with Crippen LogP contribution in [0.15, 0.2) is 66.3 Å². The van der Waals surface area contributed by atoms with Gasteiger partial charge in [-0.15, -0.1) is 0 Å². The minimum absolute atomic E-state index is 0.981. The molecule has 25 heavy (non-hydrogen) atoms. The highest BCUT2D eigenvalue weighted by molar-refractivity contribution is 5.86. The molecule has 0 atom stereocenters. The fourth-order valence-corrected chi connectivity index (χ4v) is 3.91. The highest BCUT2D eigenvalue weighted by Gasteiger charge is 2.33. The van der Waals surface area contributed by atoms with E-state index in [9.17, 15) is 0 Å². The summed E-state index contributed by atoms with van der Waals surface area (Å²) >= 11 is 0. The zero-order chi connectivity index (χ0) is 17.1. The quantitative estimate of drug-likeness (QED) is 0.754. The van der Waals surface area contributed by atoms with Gasteiger partial charge in [0.05, 0.1) is 17.1 Å². The Kier molecular flexibility index (Phi) is 2.90. The van der Waals surface area contributed by atoms with Gasteiger partial charge in [-0.1, -0.05) is 23.8 Å². The molecule has 5 rings (SSSR count). The van der Waals surface area contributed by atoms with Crippen molar-refractivity contribution in [2.24, 2.45) is 0 Å². The summed E-state index contributed by atoms with van der Waals surface area (Å²) in [6, 6.07) is 13.4. The Morgan fingerprint density at radius 1 is 0.960 bits per heavy atom. The van der Waals surface area contributed by atoms with Gasteiger partial charge in [-0.2, -0.15) is 0 Å². The molecule has 0 saturated heterocycles. The summed E-state index contributed by atoms with van der Waals surface area (Å²) in [5, 5.41) is 0. The number of hydrogen-bond donors (Lipinski definition) is 0. The Morgan fingerprint density at radius 2 is 1.80 bits per heavy atom.